The van der Waals surface area contributed by atoms with E-state index in [0.29, 0.717) is 6.54 Å². The van der Waals surface area contributed by atoms with Crippen LogP contribution in [0.5, 0.6) is 0 Å². The second kappa shape index (κ2) is 6.93. The molecule has 0 unspecified atom stereocenters. The summed E-state index contributed by atoms with van der Waals surface area (Å²) in [6.07, 6.45) is -3.44. The minimum Gasteiger partial charge on any atom is -0.287 e. The second-order valence-corrected chi connectivity index (χ2v) is 5.78. The van der Waals surface area contributed by atoms with Crippen molar-refractivity contribution in [1.29, 1.82) is 0 Å². The van der Waals surface area contributed by atoms with Crippen molar-refractivity contribution in [3.05, 3.63) is 15.9 Å². The quantitative estimate of drug-likeness (QED) is 0.768. The molecule has 0 radical (unpaired) electrons. The third-order valence-corrected chi connectivity index (χ3v) is 4.08. The smallest absolute Gasteiger partial charge is 0.287 e. The molecule has 0 aliphatic carbocycles. The monoisotopic (exact) mass is 355 g/mol. The van der Waals surface area contributed by atoms with Crippen LogP contribution in [0.3, 0.4) is 0 Å². The minimum absolute atomic E-state index is 0.186. The predicted molar refractivity (Wildman–Crippen MR) is 76.6 cm³/mol. The fourth-order valence-corrected chi connectivity index (χ4v) is 2.70. The number of rotatable bonds is 6. The van der Waals surface area contributed by atoms with Gasteiger partial charge in [-0.2, -0.15) is 18.3 Å². The second-order valence-electron chi connectivity index (χ2n) is 4.99. The predicted octanol–water partition coefficient (Wildman–Crippen LogP) is 4.00. The lowest BCUT2D eigenvalue weighted by molar-refractivity contribution is -0.151. The Labute approximate surface area is 126 Å². The molecule has 3 nitrogen and oxygen atoms in total. The maximum absolute atomic E-state index is 12.6. The van der Waals surface area contributed by atoms with Crippen LogP contribution in [-0.2, 0) is 19.5 Å². The molecule has 1 heterocycles. The van der Waals surface area contributed by atoms with Crippen LogP contribution in [0.15, 0.2) is 4.47 Å². The van der Waals surface area contributed by atoms with E-state index in [0.717, 1.165) is 22.3 Å². The van der Waals surface area contributed by atoms with Crippen molar-refractivity contribution in [2.45, 2.75) is 59.4 Å². The summed E-state index contributed by atoms with van der Waals surface area (Å²) in [5, 5.41) is 4.42. The molecule has 0 amide bonds. The fraction of sp³-hybridized carbons (Fsp3) is 0.769. The first-order chi connectivity index (χ1) is 9.19. The molecule has 0 bridgehead atoms. The van der Waals surface area contributed by atoms with E-state index in [9.17, 15) is 13.2 Å². The molecule has 0 fully saturated rings. The number of alkyl halides is 3. The van der Waals surface area contributed by atoms with Crippen LogP contribution in [-0.4, -0.2) is 33.4 Å². The van der Waals surface area contributed by atoms with Gasteiger partial charge in [0.1, 0.15) is 0 Å². The highest BCUT2D eigenvalue weighted by molar-refractivity contribution is 9.10. The highest BCUT2D eigenvalue weighted by atomic mass is 79.9. The Hall–Kier alpha value is -0.560. The van der Waals surface area contributed by atoms with Crippen molar-refractivity contribution in [3.63, 3.8) is 0 Å². The summed E-state index contributed by atoms with van der Waals surface area (Å²) in [6, 6.07) is -0.186. The van der Waals surface area contributed by atoms with Gasteiger partial charge in [0.2, 0.25) is 0 Å². The SMILES string of the molecule is CCc1nn(CC)c(CN(CC(F)(F)F)C(C)C)c1Br. The number of hydrogen-bond donors (Lipinski definition) is 0. The Balaban J connectivity index is 3.02. The van der Waals surface area contributed by atoms with E-state index in [-0.39, 0.29) is 12.6 Å². The number of nitrogens with zero attached hydrogens (tertiary/aromatic N) is 3. The zero-order valence-electron chi connectivity index (χ0n) is 12.3. The first kappa shape index (κ1) is 17.5. The standard InChI is InChI=1S/C13H21BrF3N3/c1-5-10-12(14)11(20(6-2)18-10)7-19(9(3)4)8-13(15,16)17/h9H,5-8H2,1-4H3. The van der Waals surface area contributed by atoms with Gasteiger partial charge in [0, 0.05) is 19.1 Å². The van der Waals surface area contributed by atoms with E-state index in [1.165, 1.54) is 4.90 Å². The molecule has 0 atom stereocenters. The molecular formula is C13H21BrF3N3. The summed E-state index contributed by atoms with van der Waals surface area (Å²) in [5.74, 6) is 0. The van der Waals surface area contributed by atoms with Crippen LogP contribution >= 0.6 is 15.9 Å². The van der Waals surface area contributed by atoms with Crippen molar-refractivity contribution in [2.75, 3.05) is 6.54 Å². The maximum atomic E-state index is 12.6. The molecule has 0 aromatic carbocycles. The van der Waals surface area contributed by atoms with Gasteiger partial charge >= 0.3 is 6.18 Å². The van der Waals surface area contributed by atoms with E-state index in [1.54, 1.807) is 18.5 Å². The van der Waals surface area contributed by atoms with Crippen LogP contribution in [0, 0.1) is 0 Å². The Kier molecular flexibility index (Phi) is 6.06. The zero-order valence-corrected chi connectivity index (χ0v) is 13.8. The zero-order chi connectivity index (χ0) is 15.5. The molecule has 1 aromatic heterocycles. The molecule has 1 aromatic rings. The Morgan fingerprint density at radius 2 is 1.90 bits per heavy atom. The number of hydrogen-bond acceptors (Lipinski definition) is 2. The lowest BCUT2D eigenvalue weighted by atomic mass is 10.2. The third-order valence-electron chi connectivity index (χ3n) is 3.16. The van der Waals surface area contributed by atoms with E-state index in [1.807, 2.05) is 13.8 Å². The van der Waals surface area contributed by atoms with E-state index >= 15 is 0 Å². The third kappa shape index (κ3) is 4.48. The normalized spacial score (nSPS) is 12.7. The van der Waals surface area contributed by atoms with E-state index in [2.05, 4.69) is 21.0 Å². The van der Waals surface area contributed by atoms with Crippen molar-refractivity contribution in [2.24, 2.45) is 0 Å². The first-order valence-electron chi connectivity index (χ1n) is 6.74. The molecule has 116 valence electrons. The van der Waals surface area contributed by atoms with Crippen LogP contribution in [0.1, 0.15) is 39.1 Å². The molecule has 0 spiro atoms. The maximum Gasteiger partial charge on any atom is 0.401 e. The Bertz CT molecular complexity index is 441. The molecule has 0 saturated heterocycles. The van der Waals surface area contributed by atoms with Crippen molar-refractivity contribution < 1.29 is 13.2 Å². The van der Waals surface area contributed by atoms with Gasteiger partial charge in [-0.25, -0.2) is 0 Å². The molecule has 7 heteroatoms. The average Bonchev–Trinajstić information content (AvgIpc) is 2.63. The highest BCUT2D eigenvalue weighted by Gasteiger charge is 2.32. The first-order valence-corrected chi connectivity index (χ1v) is 7.53. The lowest BCUT2D eigenvalue weighted by Gasteiger charge is -2.27. The topological polar surface area (TPSA) is 21.1 Å². The number of halogens is 4. The van der Waals surface area contributed by atoms with Crippen LogP contribution in [0.2, 0.25) is 0 Å². The molecular weight excluding hydrogens is 335 g/mol. The van der Waals surface area contributed by atoms with Crippen LogP contribution < -0.4 is 0 Å². The average molecular weight is 356 g/mol. The van der Waals surface area contributed by atoms with Gasteiger partial charge in [0.05, 0.1) is 22.4 Å². The van der Waals surface area contributed by atoms with Gasteiger partial charge in [-0.3, -0.25) is 9.58 Å². The van der Waals surface area contributed by atoms with Gasteiger partial charge in [-0.05, 0) is 43.1 Å². The molecule has 0 N–H and O–H groups in total. The molecule has 0 aliphatic rings. The van der Waals surface area contributed by atoms with Crippen LogP contribution in [0.4, 0.5) is 13.2 Å². The van der Waals surface area contributed by atoms with Crippen molar-refractivity contribution >= 4 is 15.9 Å². The number of aromatic nitrogens is 2. The fourth-order valence-electron chi connectivity index (χ4n) is 2.01. The van der Waals surface area contributed by atoms with Gasteiger partial charge in [-0.15, -0.1) is 0 Å². The van der Waals surface area contributed by atoms with Gasteiger partial charge < -0.3 is 0 Å². The summed E-state index contributed by atoms with van der Waals surface area (Å²) < 4.78 is 40.5. The lowest BCUT2D eigenvalue weighted by Crippen LogP contribution is -2.39. The molecule has 20 heavy (non-hydrogen) atoms. The largest absolute Gasteiger partial charge is 0.401 e. The number of aryl methyl sites for hydroxylation is 2. The summed E-state index contributed by atoms with van der Waals surface area (Å²) in [4.78, 5) is 1.41. The summed E-state index contributed by atoms with van der Waals surface area (Å²) in [5.41, 5.74) is 1.69. The highest BCUT2D eigenvalue weighted by Crippen LogP contribution is 2.26. The van der Waals surface area contributed by atoms with Crippen molar-refractivity contribution in [1.82, 2.24) is 14.7 Å². The van der Waals surface area contributed by atoms with Gasteiger partial charge in [0.25, 0.3) is 0 Å². The van der Waals surface area contributed by atoms with Crippen molar-refractivity contribution in [3.8, 4) is 0 Å². The summed E-state index contributed by atoms with van der Waals surface area (Å²) in [6.45, 7) is 7.43. The van der Waals surface area contributed by atoms with Gasteiger partial charge in [0.15, 0.2) is 0 Å². The molecule has 1 rings (SSSR count). The van der Waals surface area contributed by atoms with Crippen LogP contribution in [0.25, 0.3) is 0 Å². The van der Waals surface area contributed by atoms with E-state index < -0.39 is 12.7 Å². The van der Waals surface area contributed by atoms with E-state index in [4.69, 9.17) is 0 Å². The minimum atomic E-state index is -4.19. The summed E-state index contributed by atoms with van der Waals surface area (Å²) >= 11 is 3.47. The summed E-state index contributed by atoms with van der Waals surface area (Å²) in [7, 11) is 0. The Morgan fingerprint density at radius 1 is 1.30 bits per heavy atom. The molecule has 0 aliphatic heterocycles. The molecule has 0 saturated carbocycles. The van der Waals surface area contributed by atoms with Gasteiger partial charge in [-0.1, -0.05) is 6.92 Å². The Morgan fingerprint density at radius 3 is 2.30 bits per heavy atom.